The van der Waals surface area contributed by atoms with Gasteiger partial charge in [0, 0.05) is 6.54 Å². The lowest BCUT2D eigenvalue weighted by Gasteiger charge is -2.26. The number of nitrogens with one attached hydrogen (secondary N) is 1. The molecule has 0 aliphatic rings. The van der Waals surface area contributed by atoms with Gasteiger partial charge in [0.15, 0.2) is 0 Å². The van der Waals surface area contributed by atoms with E-state index in [-0.39, 0.29) is 17.4 Å². The van der Waals surface area contributed by atoms with Crippen LogP contribution in [0.4, 0.5) is 0 Å². The zero-order valence-electron chi connectivity index (χ0n) is 14.4. The molecule has 0 bridgehead atoms. The van der Waals surface area contributed by atoms with E-state index < -0.39 is 0 Å². The maximum atomic E-state index is 11.9. The van der Waals surface area contributed by atoms with Crippen molar-refractivity contribution in [2.45, 2.75) is 53.6 Å². The van der Waals surface area contributed by atoms with Crippen molar-refractivity contribution in [3.8, 4) is 5.75 Å². The molecule has 0 spiro atoms. The predicted molar refractivity (Wildman–Crippen MR) is 89.1 cm³/mol. The molecule has 0 radical (unpaired) electrons. The Bertz CT molecular complexity index is 495. The number of aliphatic hydroxyl groups excluding tert-OH is 1. The Morgan fingerprint density at radius 3 is 2.68 bits per heavy atom. The third-order valence-electron chi connectivity index (χ3n) is 3.75. The van der Waals surface area contributed by atoms with Gasteiger partial charge in [-0.15, -0.1) is 0 Å². The molecule has 0 aromatic heterocycles. The van der Waals surface area contributed by atoms with Crippen LogP contribution < -0.4 is 10.1 Å². The van der Waals surface area contributed by atoms with Gasteiger partial charge in [-0.1, -0.05) is 26.0 Å². The van der Waals surface area contributed by atoms with E-state index >= 15 is 0 Å². The van der Waals surface area contributed by atoms with Crippen LogP contribution in [0.3, 0.4) is 0 Å². The first-order chi connectivity index (χ1) is 10.2. The summed E-state index contributed by atoms with van der Waals surface area (Å²) < 4.78 is 5.68. The molecule has 2 N–H and O–H groups in total. The Balaban J connectivity index is 2.33. The van der Waals surface area contributed by atoms with E-state index in [0.29, 0.717) is 26.0 Å². The lowest BCUT2D eigenvalue weighted by molar-refractivity contribution is -0.122. The van der Waals surface area contributed by atoms with Gasteiger partial charge in [-0.3, -0.25) is 4.79 Å². The fourth-order valence-corrected chi connectivity index (χ4v) is 2.43. The molecule has 4 heteroatoms. The minimum Gasteiger partial charge on any atom is -0.493 e. The average Bonchev–Trinajstić information content (AvgIpc) is 2.40. The van der Waals surface area contributed by atoms with Gasteiger partial charge in [-0.05, 0) is 49.8 Å². The summed E-state index contributed by atoms with van der Waals surface area (Å²) in [5, 5.41) is 12.3. The molecule has 1 aromatic rings. The van der Waals surface area contributed by atoms with Gasteiger partial charge in [0.05, 0.1) is 19.1 Å². The summed E-state index contributed by atoms with van der Waals surface area (Å²) in [4.78, 5) is 11.9. The molecule has 1 amide bonds. The van der Waals surface area contributed by atoms with Crippen molar-refractivity contribution in [2.75, 3.05) is 13.2 Å². The quantitative estimate of drug-likeness (QED) is 0.776. The third kappa shape index (κ3) is 6.48. The van der Waals surface area contributed by atoms with E-state index in [1.165, 1.54) is 5.56 Å². The standard InChI is InChI=1S/C18H29NO3/c1-13-7-6-8-16(15(13)3)22-10-9-17(21)19-12-18(4,5)11-14(2)20/h6-8,14,20H,9-12H2,1-5H3,(H,19,21). The van der Waals surface area contributed by atoms with Crippen molar-refractivity contribution in [3.05, 3.63) is 29.3 Å². The molecule has 0 saturated heterocycles. The van der Waals surface area contributed by atoms with E-state index in [1.807, 2.05) is 45.9 Å². The summed E-state index contributed by atoms with van der Waals surface area (Å²) in [5.41, 5.74) is 2.18. The highest BCUT2D eigenvalue weighted by Crippen LogP contribution is 2.22. The number of rotatable bonds is 8. The van der Waals surface area contributed by atoms with Crippen LogP contribution >= 0.6 is 0 Å². The van der Waals surface area contributed by atoms with Crippen molar-refractivity contribution in [1.82, 2.24) is 5.32 Å². The molecule has 0 heterocycles. The van der Waals surface area contributed by atoms with Crippen molar-refractivity contribution in [1.29, 1.82) is 0 Å². The van der Waals surface area contributed by atoms with Crippen molar-refractivity contribution in [2.24, 2.45) is 5.41 Å². The van der Waals surface area contributed by atoms with Gasteiger partial charge in [-0.2, -0.15) is 0 Å². The summed E-state index contributed by atoms with van der Waals surface area (Å²) in [5.74, 6) is 0.811. The number of aryl methyl sites for hydroxylation is 1. The number of carbonyl (C=O) groups excluding carboxylic acids is 1. The number of benzene rings is 1. The first-order valence-corrected chi connectivity index (χ1v) is 7.85. The molecule has 1 atom stereocenters. The SMILES string of the molecule is Cc1cccc(OCCC(=O)NCC(C)(C)CC(C)O)c1C. The second-order valence-electron chi connectivity index (χ2n) is 6.79. The van der Waals surface area contributed by atoms with Crippen molar-refractivity contribution in [3.63, 3.8) is 0 Å². The van der Waals surface area contributed by atoms with Gasteiger partial charge in [-0.25, -0.2) is 0 Å². The number of ether oxygens (including phenoxy) is 1. The van der Waals surface area contributed by atoms with E-state index in [2.05, 4.69) is 5.32 Å². The van der Waals surface area contributed by atoms with Crippen LogP contribution in [0.5, 0.6) is 5.75 Å². The van der Waals surface area contributed by atoms with E-state index in [0.717, 1.165) is 11.3 Å². The third-order valence-corrected chi connectivity index (χ3v) is 3.75. The molecule has 1 unspecified atom stereocenters. The van der Waals surface area contributed by atoms with Gasteiger partial charge in [0.25, 0.3) is 0 Å². The lowest BCUT2D eigenvalue weighted by Crippen LogP contribution is -2.36. The predicted octanol–water partition coefficient (Wildman–Crippen LogP) is 2.99. The maximum Gasteiger partial charge on any atom is 0.223 e. The summed E-state index contributed by atoms with van der Waals surface area (Å²) in [6.45, 7) is 10.8. The van der Waals surface area contributed by atoms with Crippen molar-refractivity contribution >= 4 is 5.91 Å². The highest BCUT2D eigenvalue weighted by molar-refractivity contribution is 5.76. The number of amides is 1. The van der Waals surface area contributed by atoms with Gasteiger partial charge >= 0.3 is 0 Å². The van der Waals surface area contributed by atoms with E-state index in [4.69, 9.17) is 4.74 Å². The molecular formula is C18H29NO3. The molecule has 0 aliphatic heterocycles. The minimum absolute atomic E-state index is 0.0241. The molecule has 1 aromatic carbocycles. The molecule has 124 valence electrons. The monoisotopic (exact) mass is 307 g/mol. The molecule has 0 saturated carbocycles. The average molecular weight is 307 g/mol. The zero-order valence-corrected chi connectivity index (χ0v) is 14.4. The first kappa shape index (κ1) is 18.5. The Hall–Kier alpha value is -1.55. The fraction of sp³-hybridized carbons (Fsp3) is 0.611. The van der Waals surface area contributed by atoms with Crippen molar-refractivity contribution < 1.29 is 14.6 Å². The molecule has 22 heavy (non-hydrogen) atoms. The summed E-state index contributed by atoms with van der Waals surface area (Å²) in [7, 11) is 0. The van der Waals surface area contributed by atoms with Gasteiger partial charge in [0.1, 0.15) is 5.75 Å². The van der Waals surface area contributed by atoms with Crippen LogP contribution in [0.2, 0.25) is 0 Å². The molecule has 0 aliphatic carbocycles. The van der Waals surface area contributed by atoms with Crippen LogP contribution in [0.25, 0.3) is 0 Å². The second-order valence-corrected chi connectivity index (χ2v) is 6.79. The minimum atomic E-state index is -0.362. The summed E-state index contributed by atoms with van der Waals surface area (Å²) in [6, 6.07) is 5.92. The normalized spacial score (nSPS) is 12.8. The largest absolute Gasteiger partial charge is 0.493 e. The lowest BCUT2D eigenvalue weighted by atomic mass is 9.87. The zero-order chi connectivity index (χ0) is 16.8. The Labute approximate surface area is 133 Å². The van der Waals surface area contributed by atoms with Gasteiger partial charge < -0.3 is 15.2 Å². The number of carbonyl (C=O) groups is 1. The Morgan fingerprint density at radius 2 is 2.05 bits per heavy atom. The maximum absolute atomic E-state index is 11.9. The van der Waals surface area contributed by atoms with Crippen LogP contribution in [-0.2, 0) is 4.79 Å². The molecular weight excluding hydrogens is 278 g/mol. The smallest absolute Gasteiger partial charge is 0.223 e. The second kappa shape index (κ2) is 8.18. The number of hydrogen-bond donors (Lipinski definition) is 2. The van der Waals surface area contributed by atoms with Crippen LogP contribution in [0.1, 0.15) is 44.7 Å². The van der Waals surface area contributed by atoms with E-state index in [1.54, 1.807) is 6.92 Å². The van der Waals surface area contributed by atoms with Crippen LogP contribution in [-0.4, -0.2) is 30.3 Å². The Kier molecular flexibility index (Phi) is 6.88. The summed E-state index contributed by atoms with van der Waals surface area (Å²) in [6.07, 6.45) is 0.629. The molecule has 4 nitrogen and oxygen atoms in total. The number of hydrogen-bond acceptors (Lipinski definition) is 3. The van der Waals surface area contributed by atoms with Gasteiger partial charge in [0.2, 0.25) is 5.91 Å². The summed E-state index contributed by atoms with van der Waals surface area (Å²) >= 11 is 0. The first-order valence-electron chi connectivity index (χ1n) is 7.85. The highest BCUT2D eigenvalue weighted by Gasteiger charge is 2.21. The number of aliphatic hydroxyl groups is 1. The fourth-order valence-electron chi connectivity index (χ4n) is 2.43. The van der Waals surface area contributed by atoms with E-state index in [9.17, 15) is 9.90 Å². The Morgan fingerprint density at radius 1 is 1.36 bits per heavy atom. The highest BCUT2D eigenvalue weighted by atomic mass is 16.5. The van der Waals surface area contributed by atoms with Crippen LogP contribution in [0, 0.1) is 19.3 Å². The topological polar surface area (TPSA) is 58.6 Å². The van der Waals surface area contributed by atoms with Crippen LogP contribution in [0.15, 0.2) is 18.2 Å². The molecule has 1 rings (SSSR count). The molecule has 0 fully saturated rings.